The minimum absolute atomic E-state index is 0.0232. The summed E-state index contributed by atoms with van der Waals surface area (Å²) in [6, 6.07) is 7.04. The highest BCUT2D eigenvalue weighted by Gasteiger charge is 2.23. The number of rotatable bonds is 4. The van der Waals surface area contributed by atoms with Crippen molar-refractivity contribution in [3.63, 3.8) is 0 Å². The fourth-order valence-corrected chi connectivity index (χ4v) is 3.53. The molecule has 0 radical (unpaired) electrons. The number of hydrogen-bond donors (Lipinski definition) is 2. The summed E-state index contributed by atoms with van der Waals surface area (Å²) >= 11 is 11.9. The summed E-state index contributed by atoms with van der Waals surface area (Å²) in [5, 5.41) is 12.9. The van der Waals surface area contributed by atoms with Gasteiger partial charge in [0, 0.05) is 24.3 Å². The van der Waals surface area contributed by atoms with Crippen molar-refractivity contribution in [2.75, 3.05) is 18.0 Å². The molecule has 1 fully saturated rings. The molecule has 0 bridgehead atoms. The number of aromatic nitrogens is 1. The second-order valence-electron chi connectivity index (χ2n) is 6.58. The molecule has 1 atom stereocenters. The Morgan fingerprint density at radius 2 is 2.00 bits per heavy atom. The lowest BCUT2D eigenvalue weighted by molar-refractivity contribution is 0.0935. The molecule has 8 heteroatoms. The molecule has 1 aromatic heterocycles. The summed E-state index contributed by atoms with van der Waals surface area (Å²) in [7, 11) is 0. The molecule has 1 aliphatic heterocycles. The van der Waals surface area contributed by atoms with E-state index in [-0.39, 0.29) is 27.8 Å². The average molecular weight is 412 g/mol. The number of anilines is 1. The van der Waals surface area contributed by atoms with Gasteiger partial charge in [0.15, 0.2) is 0 Å². The van der Waals surface area contributed by atoms with Gasteiger partial charge < -0.3 is 15.3 Å². The Kier molecular flexibility index (Phi) is 6.19. The van der Waals surface area contributed by atoms with Gasteiger partial charge in [-0.05, 0) is 50.1 Å². The van der Waals surface area contributed by atoms with Crippen molar-refractivity contribution in [1.82, 2.24) is 10.3 Å². The summed E-state index contributed by atoms with van der Waals surface area (Å²) < 4.78 is 13.9. The molecule has 0 aliphatic carbocycles. The topological polar surface area (TPSA) is 65.5 Å². The third kappa shape index (κ3) is 4.69. The van der Waals surface area contributed by atoms with E-state index < -0.39 is 11.9 Å². The van der Waals surface area contributed by atoms with E-state index in [2.05, 4.69) is 15.2 Å². The number of halogens is 3. The van der Waals surface area contributed by atoms with Gasteiger partial charge in [-0.25, -0.2) is 9.37 Å². The van der Waals surface area contributed by atoms with E-state index in [0.717, 1.165) is 5.69 Å². The standard InChI is InChI=1S/C19H20Cl2FN3O2/c1-11(23-19(27)18-15(20)3-5-17(21)24-18)14-10-12(22)2-4-16(14)25-8-6-13(26)7-9-25/h2-5,10-11,13,26H,6-9H2,1H3,(H,23,27)/t11-/m1/s1. The minimum Gasteiger partial charge on any atom is -0.393 e. The Balaban J connectivity index is 1.83. The van der Waals surface area contributed by atoms with Crippen LogP contribution < -0.4 is 10.2 Å². The lowest BCUT2D eigenvalue weighted by atomic mass is 10.0. The summed E-state index contributed by atoms with van der Waals surface area (Å²) in [4.78, 5) is 18.6. The summed E-state index contributed by atoms with van der Waals surface area (Å²) in [6.45, 7) is 3.11. The van der Waals surface area contributed by atoms with E-state index in [4.69, 9.17) is 23.2 Å². The third-order valence-electron chi connectivity index (χ3n) is 4.64. The zero-order valence-corrected chi connectivity index (χ0v) is 16.3. The molecule has 27 heavy (non-hydrogen) atoms. The van der Waals surface area contributed by atoms with E-state index in [1.807, 2.05) is 0 Å². The first-order chi connectivity index (χ1) is 12.8. The number of carbonyl (C=O) groups excluding carboxylic acids is 1. The number of nitrogens with one attached hydrogen (secondary N) is 1. The van der Waals surface area contributed by atoms with Crippen LogP contribution in [0.5, 0.6) is 0 Å². The molecule has 1 saturated heterocycles. The van der Waals surface area contributed by atoms with E-state index in [0.29, 0.717) is 31.5 Å². The molecule has 2 N–H and O–H groups in total. The first-order valence-electron chi connectivity index (χ1n) is 8.70. The SMILES string of the molecule is C[C@@H](NC(=O)c1nc(Cl)ccc1Cl)c1cc(F)ccc1N1CCC(O)CC1. The van der Waals surface area contributed by atoms with E-state index in [9.17, 15) is 14.3 Å². The van der Waals surface area contributed by atoms with Crippen LogP contribution in [0, 0.1) is 5.82 Å². The molecule has 0 unspecified atom stereocenters. The van der Waals surface area contributed by atoms with Crippen LogP contribution in [0.3, 0.4) is 0 Å². The number of pyridine rings is 1. The number of carbonyl (C=O) groups is 1. The maximum atomic E-state index is 13.9. The molecule has 1 amide bonds. The zero-order valence-electron chi connectivity index (χ0n) is 14.8. The second kappa shape index (κ2) is 8.42. The van der Waals surface area contributed by atoms with E-state index in [1.165, 1.54) is 24.3 Å². The molecule has 2 heterocycles. The summed E-state index contributed by atoms with van der Waals surface area (Å²) in [6.07, 6.45) is 0.998. The van der Waals surface area contributed by atoms with Crippen LogP contribution in [0.25, 0.3) is 0 Å². The number of hydrogen-bond acceptors (Lipinski definition) is 4. The molecular formula is C19H20Cl2FN3O2. The molecule has 2 aromatic rings. The van der Waals surface area contributed by atoms with Gasteiger partial charge in [0.25, 0.3) is 5.91 Å². The van der Waals surface area contributed by atoms with Gasteiger partial charge in [-0.3, -0.25) is 4.79 Å². The molecule has 144 valence electrons. The number of benzene rings is 1. The largest absolute Gasteiger partial charge is 0.393 e. The molecule has 0 saturated carbocycles. The van der Waals surface area contributed by atoms with Gasteiger partial charge in [0.05, 0.1) is 17.2 Å². The van der Waals surface area contributed by atoms with Gasteiger partial charge >= 0.3 is 0 Å². The Labute approximate surface area is 167 Å². The normalized spacial score (nSPS) is 16.3. The molecular weight excluding hydrogens is 392 g/mol. The summed E-state index contributed by atoms with van der Waals surface area (Å²) in [5.74, 6) is -0.870. The third-order valence-corrected chi connectivity index (χ3v) is 5.15. The first-order valence-corrected chi connectivity index (χ1v) is 9.46. The number of aliphatic hydroxyl groups excluding tert-OH is 1. The van der Waals surface area contributed by atoms with Crippen LogP contribution in [-0.2, 0) is 0 Å². The van der Waals surface area contributed by atoms with Gasteiger partial charge in [0.1, 0.15) is 16.7 Å². The number of piperidine rings is 1. The highest BCUT2D eigenvalue weighted by atomic mass is 35.5. The lowest BCUT2D eigenvalue weighted by Crippen LogP contribution is -2.37. The molecule has 0 spiro atoms. The molecule has 1 aromatic carbocycles. The number of nitrogens with zero attached hydrogens (tertiary/aromatic N) is 2. The van der Waals surface area contributed by atoms with E-state index >= 15 is 0 Å². The smallest absolute Gasteiger partial charge is 0.271 e. The fraction of sp³-hybridized carbons (Fsp3) is 0.368. The Morgan fingerprint density at radius 1 is 1.30 bits per heavy atom. The van der Waals surface area contributed by atoms with Crippen molar-refractivity contribution < 1.29 is 14.3 Å². The molecule has 5 nitrogen and oxygen atoms in total. The summed E-state index contributed by atoms with van der Waals surface area (Å²) in [5.41, 5.74) is 1.51. The van der Waals surface area contributed by atoms with Crippen molar-refractivity contribution >= 4 is 34.8 Å². The maximum absolute atomic E-state index is 13.9. The Bertz CT molecular complexity index is 842. The monoisotopic (exact) mass is 411 g/mol. The maximum Gasteiger partial charge on any atom is 0.271 e. The van der Waals surface area contributed by atoms with Crippen LogP contribution in [0.4, 0.5) is 10.1 Å². The zero-order chi connectivity index (χ0) is 19.6. The van der Waals surface area contributed by atoms with Gasteiger partial charge in [-0.1, -0.05) is 23.2 Å². The molecule has 3 rings (SSSR count). The lowest BCUT2D eigenvalue weighted by Gasteiger charge is -2.34. The van der Waals surface area contributed by atoms with Crippen LogP contribution in [0.15, 0.2) is 30.3 Å². The number of amides is 1. The van der Waals surface area contributed by atoms with Crippen LogP contribution in [-0.4, -0.2) is 35.2 Å². The predicted octanol–water partition coefficient (Wildman–Crippen LogP) is 3.98. The predicted molar refractivity (Wildman–Crippen MR) is 104 cm³/mol. The highest BCUT2D eigenvalue weighted by Crippen LogP contribution is 2.30. The van der Waals surface area contributed by atoms with Crippen molar-refractivity contribution in [3.8, 4) is 0 Å². The van der Waals surface area contributed by atoms with Crippen LogP contribution >= 0.6 is 23.2 Å². The second-order valence-corrected chi connectivity index (χ2v) is 7.38. The van der Waals surface area contributed by atoms with Gasteiger partial charge in [-0.2, -0.15) is 0 Å². The average Bonchev–Trinajstić information content (AvgIpc) is 2.64. The van der Waals surface area contributed by atoms with Crippen molar-refractivity contribution in [3.05, 3.63) is 57.6 Å². The quantitative estimate of drug-likeness (QED) is 0.746. The first kappa shape index (κ1) is 19.9. The van der Waals surface area contributed by atoms with Crippen molar-refractivity contribution in [2.24, 2.45) is 0 Å². The highest BCUT2D eigenvalue weighted by molar-refractivity contribution is 6.34. The fourth-order valence-electron chi connectivity index (χ4n) is 3.19. The van der Waals surface area contributed by atoms with Gasteiger partial charge in [0.2, 0.25) is 0 Å². The minimum atomic E-state index is -0.487. The Morgan fingerprint density at radius 3 is 2.70 bits per heavy atom. The van der Waals surface area contributed by atoms with Crippen molar-refractivity contribution in [1.29, 1.82) is 0 Å². The van der Waals surface area contributed by atoms with Crippen molar-refractivity contribution in [2.45, 2.75) is 31.9 Å². The van der Waals surface area contributed by atoms with Crippen LogP contribution in [0.1, 0.15) is 41.9 Å². The Hall–Kier alpha value is -1.89. The molecule has 1 aliphatic rings. The van der Waals surface area contributed by atoms with Crippen LogP contribution in [0.2, 0.25) is 10.2 Å². The van der Waals surface area contributed by atoms with E-state index in [1.54, 1.807) is 13.0 Å². The van der Waals surface area contributed by atoms with Gasteiger partial charge in [-0.15, -0.1) is 0 Å². The number of aliphatic hydroxyl groups is 1.